The number of guanidine groups is 1. The van der Waals surface area contributed by atoms with Crippen molar-refractivity contribution in [2.75, 3.05) is 33.8 Å². The Morgan fingerprint density at radius 1 is 1.23 bits per heavy atom. The van der Waals surface area contributed by atoms with Gasteiger partial charge in [-0.25, -0.2) is 4.99 Å². The maximum Gasteiger partial charge on any atom is 0.188 e. The second-order valence-electron chi connectivity index (χ2n) is 6.00. The lowest BCUT2D eigenvalue weighted by Crippen LogP contribution is -2.33. The molecule has 7 heteroatoms. The van der Waals surface area contributed by atoms with Gasteiger partial charge in [-0.3, -0.25) is 4.98 Å². The smallest absolute Gasteiger partial charge is 0.188 e. The summed E-state index contributed by atoms with van der Waals surface area (Å²) in [4.78, 5) is 10.7. The third kappa shape index (κ3) is 9.00. The van der Waals surface area contributed by atoms with Crippen molar-refractivity contribution < 1.29 is 4.74 Å². The number of benzene rings is 1. The highest BCUT2D eigenvalue weighted by molar-refractivity contribution is 14.0. The van der Waals surface area contributed by atoms with Crippen molar-refractivity contribution in [1.82, 2.24) is 15.2 Å². The summed E-state index contributed by atoms with van der Waals surface area (Å²) in [5.74, 6) is 1.30. The van der Waals surface area contributed by atoms with Crippen LogP contribution >= 0.6 is 24.0 Å². The first-order valence-electron chi connectivity index (χ1n) is 8.43. The van der Waals surface area contributed by atoms with E-state index in [1.165, 1.54) is 0 Å². The molecule has 0 spiro atoms. The first kappa shape index (κ1) is 22.2. The molecule has 3 N–H and O–H groups in total. The number of hydrogen-bond donors (Lipinski definition) is 2. The number of nitrogens with two attached hydrogens (primary N) is 1. The number of rotatable bonds is 9. The molecule has 142 valence electrons. The average molecular weight is 469 g/mol. The number of aliphatic imine (C=N–C) groups is 1. The van der Waals surface area contributed by atoms with Crippen LogP contribution in [0.1, 0.15) is 11.3 Å². The Balaban J connectivity index is 0.00000338. The molecule has 0 saturated carbocycles. The van der Waals surface area contributed by atoms with Crippen LogP contribution in [0.4, 0.5) is 0 Å². The summed E-state index contributed by atoms with van der Waals surface area (Å²) in [6.45, 7) is 2.78. The standard InChI is InChI=1S/C19H27N5O.HI/c1-24(2)12-13-25-18-8-5-6-16(14-18)15-23-19(20)22-11-9-17-7-3-4-10-21-17;/h3-8,10,14H,9,11-13,15H2,1-2H3,(H3,20,22,23);1H. The monoisotopic (exact) mass is 469 g/mol. The first-order chi connectivity index (χ1) is 12.1. The van der Waals surface area contributed by atoms with E-state index in [9.17, 15) is 0 Å². The highest BCUT2D eigenvalue weighted by atomic mass is 127. The van der Waals surface area contributed by atoms with Crippen molar-refractivity contribution >= 4 is 29.9 Å². The minimum Gasteiger partial charge on any atom is -0.492 e. The van der Waals surface area contributed by atoms with Gasteiger partial charge < -0.3 is 20.7 Å². The van der Waals surface area contributed by atoms with Gasteiger partial charge in [-0.2, -0.15) is 0 Å². The van der Waals surface area contributed by atoms with Crippen LogP contribution in [0.25, 0.3) is 0 Å². The highest BCUT2D eigenvalue weighted by Gasteiger charge is 1.99. The summed E-state index contributed by atoms with van der Waals surface area (Å²) in [6, 6.07) is 13.8. The number of ether oxygens (including phenoxy) is 1. The molecule has 6 nitrogen and oxygen atoms in total. The second kappa shape index (κ2) is 12.5. The van der Waals surface area contributed by atoms with Gasteiger partial charge in [-0.15, -0.1) is 24.0 Å². The summed E-state index contributed by atoms with van der Waals surface area (Å²) < 4.78 is 5.73. The molecule has 0 bridgehead atoms. The molecule has 2 aromatic rings. The second-order valence-corrected chi connectivity index (χ2v) is 6.00. The van der Waals surface area contributed by atoms with E-state index in [1.807, 2.05) is 56.6 Å². The topological polar surface area (TPSA) is 75.8 Å². The van der Waals surface area contributed by atoms with E-state index >= 15 is 0 Å². The Hall–Kier alpha value is -1.87. The van der Waals surface area contributed by atoms with Crippen LogP contribution in [0, 0.1) is 0 Å². The lowest BCUT2D eigenvalue weighted by molar-refractivity contribution is 0.261. The maximum atomic E-state index is 5.92. The Kier molecular flexibility index (Phi) is 10.6. The van der Waals surface area contributed by atoms with Gasteiger partial charge in [0.05, 0.1) is 6.54 Å². The number of nitrogens with zero attached hydrogens (tertiary/aromatic N) is 3. The van der Waals surface area contributed by atoms with E-state index < -0.39 is 0 Å². The lowest BCUT2D eigenvalue weighted by atomic mass is 10.2. The zero-order valence-corrected chi connectivity index (χ0v) is 17.7. The van der Waals surface area contributed by atoms with Gasteiger partial charge in [-0.05, 0) is 43.9 Å². The quantitative estimate of drug-likeness (QED) is 0.335. The van der Waals surface area contributed by atoms with Crippen molar-refractivity contribution in [1.29, 1.82) is 0 Å². The van der Waals surface area contributed by atoms with E-state index in [0.29, 0.717) is 25.7 Å². The Bertz CT molecular complexity index is 664. The molecule has 1 aromatic heterocycles. The van der Waals surface area contributed by atoms with Crippen LogP contribution < -0.4 is 15.8 Å². The fourth-order valence-electron chi connectivity index (χ4n) is 2.18. The molecule has 26 heavy (non-hydrogen) atoms. The molecule has 0 radical (unpaired) electrons. The van der Waals surface area contributed by atoms with Crippen LogP contribution in [-0.2, 0) is 13.0 Å². The van der Waals surface area contributed by atoms with Crippen LogP contribution in [0.15, 0.2) is 53.7 Å². The summed E-state index contributed by atoms with van der Waals surface area (Å²) >= 11 is 0. The van der Waals surface area contributed by atoms with E-state index in [0.717, 1.165) is 30.0 Å². The number of halogens is 1. The van der Waals surface area contributed by atoms with E-state index in [2.05, 4.69) is 20.2 Å². The molecular weight excluding hydrogens is 441 g/mol. The molecular formula is C19H28IN5O. The van der Waals surface area contributed by atoms with Crippen molar-refractivity contribution in [3.05, 3.63) is 59.9 Å². The zero-order chi connectivity index (χ0) is 17.9. The molecule has 1 aromatic carbocycles. The fraction of sp³-hybridized carbons (Fsp3) is 0.368. The minimum atomic E-state index is 0. The molecule has 0 atom stereocenters. The van der Waals surface area contributed by atoms with Crippen molar-refractivity contribution in [2.45, 2.75) is 13.0 Å². The van der Waals surface area contributed by atoms with Crippen molar-refractivity contribution in [3.8, 4) is 5.75 Å². The molecule has 0 aliphatic heterocycles. The van der Waals surface area contributed by atoms with E-state index in [1.54, 1.807) is 6.20 Å². The molecule has 0 unspecified atom stereocenters. The summed E-state index contributed by atoms with van der Waals surface area (Å²) in [5, 5.41) is 3.11. The third-order valence-corrected chi connectivity index (χ3v) is 3.55. The molecule has 1 heterocycles. The van der Waals surface area contributed by atoms with Crippen LogP contribution in [0.5, 0.6) is 5.75 Å². The number of likely N-dealkylation sites (N-methyl/N-ethyl adjacent to an activating group) is 1. The summed E-state index contributed by atoms with van der Waals surface area (Å²) in [6.07, 6.45) is 2.60. The first-order valence-corrected chi connectivity index (χ1v) is 8.43. The molecule has 0 amide bonds. The normalized spacial score (nSPS) is 11.1. The van der Waals surface area contributed by atoms with Gasteiger partial charge in [-0.1, -0.05) is 18.2 Å². The van der Waals surface area contributed by atoms with Crippen molar-refractivity contribution in [2.24, 2.45) is 10.7 Å². The van der Waals surface area contributed by atoms with Gasteiger partial charge in [0.15, 0.2) is 5.96 Å². The van der Waals surface area contributed by atoms with Crippen LogP contribution in [-0.4, -0.2) is 49.6 Å². The van der Waals surface area contributed by atoms with Gasteiger partial charge in [0.25, 0.3) is 0 Å². The fourth-order valence-corrected chi connectivity index (χ4v) is 2.18. The number of pyridine rings is 1. The largest absolute Gasteiger partial charge is 0.492 e. The lowest BCUT2D eigenvalue weighted by Gasteiger charge is -2.11. The predicted molar refractivity (Wildman–Crippen MR) is 117 cm³/mol. The number of aromatic nitrogens is 1. The maximum absolute atomic E-state index is 5.92. The Morgan fingerprint density at radius 3 is 2.81 bits per heavy atom. The third-order valence-electron chi connectivity index (χ3n) is 3.55. The van der Waals surface area contributed by atoms with E-state index in [-0.39, 0.29) is 24.0 Å². The molecule has 0 aliphatic carbocycles. The summed E-state index contributed by atoms with van der Waals surface area (Å²) in [5.41, 5.74) is 8.02. The number of nitrogens with one attached hydrogen (secondary N) is 1. The Morgan fingerprint density at radius 2 is 2.08 bits per heavy atom. The number of hydrogen-bond acceptors (Lipinski definition) is 4. The minimum absolute atomic E-state index is 0. The van der Waals surface area contributed by atoms with Crippen LogP contribution in [0.2, 0.25) is 0 Å². The van der Waals surface area contributed by atoms with E-state index in [4.69, 9.17) is 10.5 Å². The SMILES string of the molecule is CN(C)CCOc1cccc(CN=C(N)NCCc2ccccn2)c1.I. The average Bonchev–Trinajstić information content (AvgIpc) is 2.61. The van der Waals surface area contributed by atoms with Crippen LogP contribution in [0.3, 0.4) is 0 Å². The zero-order valence-electron chi connectivity index (χ0n) is 15.4. The van der Waals surface area contributed by atoms with Gasteiger partial charge in [0, 0.05) is 31.4 Å². The molecule has 0 fully saturated rings. The predicted octanol–water partition coefficient (Wildman–Crippen LogP) is 2.29. The molecule has 0 aliphatic rings. The summed E-state index contributed by atoms with van der Waals surface area (Å²) in [7, 11) is 4.05. The molecule has 2 rings (SSSR count). The van der Waals surface area contributed by atoms with Gasteiger partial charge >= 0.3 is 0 Å². The van der Waals surface area contributed by atoms with Gasteiger partial charge in [0.2, 0.25) is 0 Å². The Labute approximate surface area is 172 Å². The highest BCUT2D eigenvalue weighted by Crippen LogP contribution is 2.14. The molecule has 0 saturated heterocycles. The van der Waals surface area contributed by atoms with Crippen molar-refractivity contribution in [3.63, 3.8) is 0 Å². The van der Waals surface area contributed by atoms with Gasteiger partial charge in [0.1, 0.15) is 12.4 Å².